The van der Waals surface area contributed by atoms with Crippen LogP contribution in [0.5, 0.6) is 0 Å². The molecule has 38 heavy (non-hydrogen) atoms. The molecule has 1 amide bonds. The van der Waals surface area contributed by atoms with Crippen LogP contribution in [0.1, 0.15) is 25.5 Å². The molecule has 2 aliphatic rings. The molecule has 3 atom stereocenters. The van der Waals surface area contributed by atoms with Gasteiger partial charge in [0, 0.05) is 53.9 Å². The summed E-state index contributed by atoms with van der Waals surface area (Å²) < 4.78 is 20.9. The van der Waals surface area contributed by atoms with Crippen LogP contribution in [0.2, 0.25) is 0 Å². The molecular weight excluding hydrogens is 523 g/mol. The Kier molecular flexibility index (Phi) is 8.25. The maximum absolute atomic E-state index is 13.7. The molecule has 0 spiro atoms. The van der Waals surface area contributed by atoms with E-state index in [1.165, 1.54) is 18.2 Å². The van der Waals surface area contributed by atoms with E-state index >= 15 is 0 Å². The summed E-state index contributed by atoms with van der Waals surface area (Å²) in [6.45, 7) is 11.2. The van der Waals surface area contributed by atoms with Crippen molar-refractivity contribution in [1.82, 2.24) is 14.5 Å². The standard InChI is InChI=1S/C28H31FN4O3S.H2S/c1-6-23(34)31-12-18(4)32(13-17(31)3)27-22-11-16(2)24(19-7-9-20(29)10-8-19)26-25(22)33(28(35)30-27)21(14-36-5)15-37-26;/h6-11,17-18,21H,1,12-15H2,2-5H3;1H2/t17-,18+,21+;/m1./s1. The van der Waals surface area contributed by atoms with Crippen molar-refractivity contribution in [1.29, 1.82) is 0 Å². The molecule has 0 N–H and O–H groups in total. The molecule has 0 saturated carbocycles. The molecule has 0 aliphatic carbocycles. The number of methoxy groups -OCH3 is 1. The quantitative estimate of drug-likeness (QED) is 0.431. The van der Waals surface area contributed by atoms with Gasteiger partial charge in [-0.2, -0.15) is 18.5 Å². The van der Waals surface area contributed by atoms with Gasteiger partial charge in [-0.25, -0.2) is 9.18 Å². The first-order chi connectivity index (χ1) is 17.7. The van der Waals surface area contributed by atoms with Crippen LogP contribution in [0.4, 0.5) is 10.2 Å². The normalized spacial score (nSPS) is 20.8. The van der Waals surface area contributed by atoms with Gasteiger partial charge >= 0.3 is 5.69 Å². The molecule has 1 saturated heterocycles. The lowest BCUT2D eigenvalue weighted by Gasteiger charge is -2.45. The molecule has 5 rings (SSSR count). The van der Waals surface area contributed by atoms with Crippen LogP contribution in [0.3, 0.4) is 0 Å². The van der Waals surface area contributed by atoms with Crippen molar-refractivity contribution in [2.45, 2.75) is 43.8 Å². The summed E-state index contributed by atoms with van der Waals surface area (Å²) in [6, 6.07) is 8.32. The van der Waals surface area contributed by atoms with Gasteiger partial charge in [0.2, 0.25) is 5.91 Å². The minimum absolute atomic E-state index is 0. The Morgan fingerprint density at radius 3 is 2.61 bits per heavy atom. The van der Waals surface area contributed by atoms with Gasteiger partial charge in [0.15, 0.2) is 0 Å². The van der Waals surface area contributed by atoms with Crippen molar-refractivity contribution >= 4 is 47.9 Å². The fourth-order valence-electron chi connectivity index (χ4n) is 5.58. The second-order valence-corrected chi connectivity index (χ2v) is 10.9. The van der Waals surface area contributed by atoms with E-state index in [-0.39, 0.29) is 49.0 Å². The second-order valence-electron chi connectivity index (χ2n) is 9.85. The first kappa shape index (κ1) is 28.2. The number of carbonyl (C=O) groups is 1. The second kappa shape index (κ2) is 11.1. The highest BCUT2D eigenvalue weighted by Gasteiger charge is 2.35. The molecule has 3 heterocycles. The fourth-order valence-corrected chi connectivity index (χ4v) is 6.95. The third-order valence-corrected chi connectivity index (χ3v) is 8.57. The number of rotatable bonds is 5. The summed E-state index contributed by atoms with van der Waals surface area (Å²) in [4.78, 5) is 35.6. The predicted octanol–water partition coefficient (Wildman–Crippen LogP) is 4.53. The largest absolute Gasteiger partial charge is 0.383 e. The average molecular weight is 557 g/mol. The Labute approximate surface area is 233 Å². The highest BCUT2D eigenvalue weighted by molar-refractivity contribution is 7.99. The van der Waals surface area contributed by atoms with Crippen LogP contribution >= 0.6 is 25.3 Å². The first-order valence-corrected chi connectivity index (χ1v) is 13.4. The van der Waals surface area contributed by atoms with Crippen LogP contribution in [0, 0.1) is 12.7 Å². The molecule has 0 unspecified atom stereocenters. The number of thioether (sulfide) groups is 1. The zero-order chi connectivity index (χ0) is 26.4. The lowest BCUT2D eigenvalue weighted by Crippen LogP contribution is -2.58. The van der Waals surface area contributed by atoms with Crippen LogP contribution in [-0.4, -0.2) is 65.0 Å². The van der Waals surface area contributed by atoms with Crippen molar-refractivity contribution in [3.8, 4) is 11.1 Å². The maximum Gasteiger partial charge on any atom is 0.350 e. The number of amides is 1. The number of aryl methyl sites for hydroxylation is 1. The number of benzene rings is 2. The van der Waals surface area contributed by atoms with Crippen LogP contribution in [0.25, 0.3) is 22.0 Å². The summed E-state index contributed by atoms with van der Waals surface area (Å²) in [6.07, 6.45) is 1.35. The summed E-state index contributed by atoms with van der Waals surface area (Å²) in [7, 11) is 1.64. The van der Waals surface area contributed by atoms with Crippen molar-refractivity contribution in [3.05, 3.63) is 64.9 Å². The monoisotopic (exact) mass is 556 g/mol. The van der Waals surface area contributed by atoms with E-state index in [0.717, 1.165) is 32.5 Å². The van der Waals surface area contributed by atoms with Crippen molar-refractivity contribution in [3.63, 3.8) is 0 Å². The Morgan fingerprint density at radius 1 is 1.24 bits per heavy atom. The van der Waals surface area contributed by atoms with E-state index in [4.69, 9.17) is 4.74 Å². The zero-order valence-corrected chi connectivity index (χ0v) is 23.8. The van der Waals surface area contributed by atoms with E-state index in [1.807, 2.05) is 25.7 Å². The van der Waals surface area contributed by atoms with Crippen LogP contribution < -0.4 is 10.6 Å². The number of hydrogen-bond donors (Lipinski definition) is 0. The molecule has 0 bridgehead atoms. The van der Waals surface area contributed by atoms with Crippen LogP contribution in [-0.2, 0) is 9.53 Å². The first-order valence-electron chi connectivity index (χ1n) is 12.4. The Bertz CT molecular complexity index is 1440. The number of halogens is 1. The van der Waals surface area contributed by atoms with E-state index in [2.05, 4.69) is 22.5 Å². The van der Waals surface area contributed by atoms with Gasteiger partial charge in [-0.3, -0.25) is 9.36 Å². The minimum Gasteiger partial charge on any atom is -0.383 e. The van der Waals surface area contributed by atoms with Crippen molar-refractivity contribution < 1.29 is 13.9 Å². The smallest absolute Gasteiger partial charge is 0.350 e. The highest BCUT2D eigenvalue weighted by Crippen LogP contribution is 2.46. The summed E-state index contributed by atoms with van der Waals surface area (Å²) >= 11 is 1.70. The number of piperazine rings is 1. The zero-order valence-electron chi connectivity index (χ0n) is 22.0. The van der Waals surface area contributed by atoms with Crippen molar-refractivity contribution in [2.24, 2.45) is 0 Å². The third kappa shape index (κ3) is 4.74. The number of ether oxygens (including phenoxy) is 1. The minimum atomic E-state index is -0.315. The Balaban J connectivity index is 0.00000336. The SMILES string of the molecule is C=CC(=O)N1C[C@H](C)N(c2nc(=O)n3c4c(c(-c5ccc(F)cc5)c(C)cc24)SC[C@@H]3COC)C[C@H]1C.S. The Hall–Kier alpha value is -2.82. The van der Waals surface area contributed by atoms with E-state index in [9.17, 15) is 14.0 Å². The van der Waals surface area contributed by atoms with Gasteiger partial charge < -0.3 is 14.5 Å². The number of hydrogen-bond acceptors (Lipinski definition) is 6. The van der Waals surface area contributed by atoms with E-state index in [0.29, 0.717) is 31.3 Å². The molecule has 2 aliphatic heterocycles. The number of nitrogens with zero attached hydrogens (tertiary/aromatic N) is 4. The number of carbonyl (C=O) groups excluding carboxylic acids is 1. The van der Waals surface area contributed by atoms with E-state index in [1.54, 1.807) is 35.6 Å². The van der Waals surface area contributed by atoms with Crippen LogP contribution in [0.15, 0.2) is 52.7 Å². The average Bonchev–Trinajstić information content (AvgIpc) is 2.88. The summed E-state index contributed by atoms with van der Waals surface area (Å²) in [5, 5.41) is 0.897. The lowest BCUT2D eigenvalue weighted by atomic mass is 9.97. The van der Waals surface area contributed by atoms with Gasteiger partial charge in [-0.05, 0) is 56.2 Å². The molecule has 202 valence electrons. The van der Waals surface area contributed by atoms with Crippen molar-refractivity contribution in [2.75, 3.05) is 37.5 Å². The van der Waals surface area contributed by atoms with Gasteiger partial charge in [-0.15, -0.1) is 11.8 Å². The summed E-state index contributed by atoms with van der Waals surface area (Å²) in [5.41, 5.74) is 3.46. The van der Waals surface area contributed by atoms with E-state index < -0.39 is 0 Å². The molecule has 0 radical (unpaired) electrons. The topological polar surface area (TPSA) is 67.7 Å². The summed E-state index contributed by atoms with van der Waals surface area (Å²) in [5.74, 6) is 0.923. The molecule has 1 aromatic heterocycles. The molecule has 3 aromatic rings. The molecule has 1 fully saturated rings. The van der Waals surface area contributed by atoms with Gasteiger partial charge in [0.1, 0.15) is 11.6 Å². The maximum atomic E-state index is 13.7. The fraction of sp³-hybridized carbons (Fsp3) is 0.393. The molecule has 2 aromatic carbocycles. The number of anilines is 1. The highest BCUT2D eigenvalue weighted by atomic mass is 32.2. The molecule has 10 heteroatoms. The number of aromatic nitrogens is 2. The van der Waals surface area contributed by atoms with Gasteiger partial charge in [0.05, 0.1) is 18.2 Å². The lowest BCUT2D eigenvalue weighted by molar-refractivity contribution is -0.128. The third-order valence-electron chi connectivity index (χ3n) is 7.33. The molecular formula is C28H33FN4O3S2. The Morgan fingerprint density at radius 2 is 1.95 bits per heavy atom. The van der Waals surface area contributed by atoms with Gasteiger partial charge in [-0.1, -0.05) is 18.7 Å². The molecule has 7 nitrogen and oxygen atoms in total. The van der Waals surface area contributed by atoms with Gasteiger partial charge in [0.25, 0.3) is 0 Å². The predicted molar refractivity (Wildman–Crippen MR) is 156 cm³/mol.